The molecule has 4 aromatic rings. The molecular weight excluding hydrogens is 463 g/mol. The van der Waals surface area contributed by atoms with Gasteiger partial charge in [0, 0.05) is 28.5 Å². The molecule has 1 aromatic heterocycles. The number of ether oxygens (including phenoxy) is 1. The minimum Gasteiger partial charge on any atom is -0.457 e. The topological polar surface area (TPSA) is 123 Å². The molecule has 1 aliphatic rings. The van der Waals surface area contributed by atoms with Gasteiger partial charge in [0.05, 0.1) is 5.52 Å². The number of pyridine rings is 1. The summed E-state index contributed by atoms with van der Waals surface area (Å²) in [6, 6.07) is 18.7. The van der Waals surface area contributed by atoms with Crippen molar-refractivity contribution < 1.29 is 23.5 Å². The molecule has 0 spiro atoms. The first-order valence-electron chi connectivity index (χ1n) is 11.2. The minimum absolute atomic E-state index is 0.343. The van der Waals surface area contributed by atoms with E-state index >= 15 is 0 Å². The lowest BCUT2D eigenvalue weighted by Gasteiger charge is -2.16. The first kappa shape index (κ1) is 23.0. The Balaban J connectivity index is 1.27. The van der Waals surface area contributed by atoms with Gasteiger partial charge in [-0.3, -0.25) is 19.4 Å². The molecule has 3 amide bonds. The van der Waals surface area contributed by atoms with Crippen molar-refractivity contribution in [1.29, 1.82) is 0 Å². The van der Waals surface area contributed by atoms with Crippen molar-refractivity contribution in [2.45, 2.75) is 12.8 Å². The van der Waals surface area contributed by atoms with Crippen molar-refractivity contribution in [3.63, 3.8) is 0 Å². The highest BCUT2D eigenvalue weighted by Crippen LogP contribution is 2.47. The van der Waals surface area contributed by atoms with Crippen molar-refractivity contribution in [3.8, 4) is 11.5 Å². The van der Waals surface area contributed by atoms with Gasteiger partial charge < -0.3 is 21.1 Å². The van der Waals surface area contributed by atoms with Gasteiger partial charge in [0.15, 0.2) is 0 Å². The second kappa shape index (κ2) is 9.10. The average molecular weight is 484 g/mol. The number of fused-ring (bicyclic) bond motifs is 1. The summed E-state index contributed by atoms with van der Waals surface area (Å²) in [5.74, 6) is -0.797. The van der Waals surface area contributed by atoms with E-state index in [0.717, 1.165) is 0 Å². The number of carbonyl (C=O) groups is 3. The van der Waals surface area contributed by atoms with E-state index < -0.39 is 29.0 Å². The monoisotopic (exact) mass is 484 g/mol. The maximum absolute atomic E-state index is 13.1. The van der Waals surface area contributed by atoms with Crippen LogP contribution in [0.1, 0.15) is 23.2 Å². The maximum atomic E-state index is 13.1. The number of primary amides is 1. The van der Waals surface area contributed by atoms with Crippen molar-refractivity contribution in [3.05, 3.63) is 90.4 Å². The lowest BCUT2D eigenvalue weighted by atomic mass is 10.0. The van der Waals surface area contributed by atoms with Crippen LogP contribution in [0.25, 0.3) is 10.9 Å². The van der Waals surface area contributed by atoms with Crippen LogP contribution in [0, 0.1) is 11.2 Å². The summed E-state index contributed by atoms with van der Waals surface area (Å²) >= 11 is 0. The van der Waals surface area contributed by atoms with Crippen molar-refractivity contribution in [1.82, 2.24) is 4.98 Å². The number of nitrogens with one attached hydrogen (secondary N) is 2. The number of rotatable bonds is 7. The number of nitrogens with zero attached hydrogens (tertiary/aromatic N) is 1. The molecule has 1 heterocycles. The number of aromatic nitrogens is 1. The van der Waals surface area contributed by atoms with Crippen LogP contribution in [-0.2, 0) is 9.59 Å². The van der Waals surface area contributed by atoms with E-state index in [9.17, 15) is 18.8 Å². The summed E-state index contributed by atoms with van der Waals surface area (Å²) in [7, 11) is 0. The normalized spacial score (nSPS) is 13.6. The number of benzene rings is 3. The zero-order valence-corrected chi connectivity index (χ0v) is 19.0. The fraction of sp³-hybridized carbons (Fsp3) is 0.111. The van der Waals surface area contributed by atoms with Gasteiger partial charge in [0.2, 0.25) is 17.7 Å². The summed E-state index contributed by atoms with van der Waals surface area (Å²) in [5.41, 5.74) is 6.15. The van der Waals surface area contributed by atoms with Gasteiger partial charge in [-0.15, -0.1) is 0 Å². The molecule has 180 valence electrons. The van der Waals surface area contributed by atoms with E-state index in [0.29, 0.717) is 52.2 Å². The van der Waals surface area contributed by atoms with Gasteiger partial charge in [-0.2, -0.15) is 0 Å². The summed E-state index contributed by atoms with van der Waals surface area (Å²) in [6.45, 7) is 0. The van der Waals surface area contributed by atoms with E-state index in [4.69, 9.17) is 10.5 Å². The fourth-order valence-corrected chi connectivity index (χ4v) is 3.81. The van der Waals surface area contributed by atoms with Crippen molar-refractivity contribution in [2.24, 2.45) is 11.1 Å². The highest BCUT2D eigenvalue weighted by Gasteiger charge is 2.56. The van der Waals surface area contributed by atoms with E-state index in [-0.39, 0.29) is 0 Å². The Morgan fingerprint density at radius 2 is 1.47 bits per heavy atom. The quantitative estimate of drug-likeness (QED) is 0.330. The van der Waals surface area contributed by atoms with Crippen LogP contribution >= 0.6 is 0 Å². The second-order valence-corrected chi connectivity index (χ2v) is 8.53. The summed E-state index contributed by atoms with van der Waals surface area (Å²) < 4.78 is 19.1. The molecule has 3 aromatic carbocycles. The smallest absolute Gasteiger partial charge is 0.248 e. The van der Waals surface area contributed by atoms with E-state index in [2.05, 4.69) is 15.6 Å². The summed E-state index contributed by atoms with van der Waals surface area (Å²) in [5, 5.41) is 6.10. The second-order valence-electron chi connectivity index (χ2n) is 8.53. The predicted octanol–water partition coefficient (Wildman–Crippen LogP) is 4.62. The first-order valence-corrected chi connectivity index (χ1v) is 11.2. The largest absolute Gasteiger partial charge is 0.457 e. The lowest BCUT2D eigenvalue weighted by Crippen LogP contribution is -2.35. The zero-order chi connectivity index (χ0) is 25.3. The number of anilines is 2. The lowest BCUT2D eigenvalue weighted by molar-refractivity contribution is -0.131. The van der Waals surface area contributed by atoms with Crippen LogP contribution in [0.4, 0.5) is 15.8 Å². The van der Waals surface area contributed by atoms with Gasteiger partial charge in [-0.1, -0.05) is 0 Å². The highest BCUT2D eigenvalue weighted by atomic mass is 19.1. The molecule has 0 saturated heterocycles. The van der Waals surface area contributed by atoms with Gasteiger partial charge in [0.25, 0.3) is 0 Å². The molecule has 0 aliphatic heterocycles. The summed E-state index contributed by atoms with van der Waals surface area (Å²) in [4.78, 5) is 41.4. The van der Waals surface area contributed by atoms with Crippen molar-refractivity contribution >= 4 is 40.0 Å². The SMILES string of the molecule is NC(=O)c1ccc2nccc(Oc3ccc(NC(=O)C4(C(=O)Nc5ccc(F)cc5)CC4)cc3)c2c1. The van der Waals surface area contributed by atoms with E-state index in [1.807, 2.05) is 0 Å². The van der Waals surface area contributed by atoms with Gasteiger partial charge in [0.1, 0.15) is 22.7 Å². The van der Waals surface area contributed by atoms with Gasteiger partial charge in [-0.05, 0) is 85.6 Å². The van der Waals surface area contributed by atoms with Gasteiger partial charge >= 0.3 is 0 Å². The number of amides is 3. The zero-order valence-electron chi connectivity index (χ0n) is 19.0. The molecule has 0 unspecified atom stereocenters. The third-order valence-corrected chi connectivity index (χ3v) is 6.05. The molecular formula is C27H21FN4O4. The Labute approximate surface area is 205 Å². The molecule has 0 radical (unpaired) electrons. The molecule has 9 heteroatoms. The van der Waals surface area contributed by atoms with Crippen LogP contribution in [-0.4, -0.2) is 22.7 Å². The van der Waals surface area contributed by atoms with Crippen LogP contribution in [0.3, 0.4) is 0 Å². The molecule has 36 heavy (non-hydrogen) atoms. The minimum atomic E-state index is -1.16. The van der Waals surface area contributed by atoms with Crippen LogP contribution in [0.15, 0.2) is 79.0 Å². The predicted molar refractivity (Wildman–Crippen MR) is 132 cm³/mol. The Morgan fingerprint density at radius 3 is 2.06 bits per heavy atom. The standard InChI is InChI=1S/C27H21FN4O4/c28-17-2-4-18(5-3-17)31-25(34)27(12-13-27)26(35)32-19-6-8-20(9-7-19)36-23-11-14-30-22-10-1-16(24(29)33)15-21(22)23/h1-11,14-15H,12-13H2,(H2,29,33)(H,31,34)(H,32,35). The van der Waals surface area contributed by atoms with E-state index in [1.165, 1.54) is 24.3 Å². The van der Waals surface area contributed by atoms with Crippen LogP contribution in [0.5, 0.6) is 11.5 Å². The maximum Gasteiger partial charge on any atom is 0.248 e. The molecule has 0 atom stereocenters. The van der Waals surface area contributed by atoms with Crippen LogP contribution in [0.2, 0.25) is 0 Å². The number of hydrogen-bond acceptors (Lipinski definition) is 5. The third-order valence-electron chi connectivity index (χ3n) is 6.05. The Bertz CT molecular complexity index is 1480. The molecule has 1 fully saturated rings. The third kappa shape index (κ3) is 4.58. The molecule has 0 bridgehead atoms. The molecule has 8 nitrogen and oxygen atoms in total. The highest BCUT2D eigenvalue weighted by molar-refractivity contribution is 6.16. The van der Waals surface area contributed by atoms with Gasteiger partial charge in [-0.25, -0.2) is 4.39 Å². The average Bonchev–Trinajstić information content (AvgIpc) is 3.69. The molecule has 1 saturated carbocycles. The van der Waals surface area contributed by atoms with Crippen molar-refractivity contribution in [2.75, 3.05) is 10.6 Å². The fourth-order valence-electron chi connectivity index (χ4n) is 3.81. The molecule has 1 aliphatic carbocycles. The number of hydrogen-bond donors (Lipinski definition) is 3. The number of halogens is 1. The first-order chi connectivity index (χ1) is 17.3. The molecule has 5 rings (SSSR count). The Kier molecular flexibility index (Phi) is 5.81. The van der Waals surface area contributed by atoms with Crippen LogP contribution < -0.4 is 21.1 Å². The summed E-state index contributed by atoms with van der Waals surface area (Å²) in [6.07, 6.45) is 2.45. The number of carbonyl (C=O) groups excluding carboxylic acids is 3. The Morgan fingerprint density at radius 1 is 0.861 bits per heavy atom. The van der Waals surface area contributed by atoms with E-state index in [1.54, 1.807) is 54.7 Å². The Hall–Kier alpha value is -4.79. The number of nitrogens with two attached hydrogens (primary N) is 1. The molecule has 4 N–H and O–H groups in total.